The number of fused-ring (bicyclic) bond motifs is 1. The van der Waals surface area contributed by atoms with Crippen LogP contribution in [0.2, 0.25) is 0 Å². The monoisotopic (exact) mass is 372 g/mol. The Hall–Kier alpha value is -1.66. The molecule has 9 nitrogen and oxygen atoms in total. The molecule has 2 aromatic rings. The zero-order valence-electron chi connectivity index (χ0n) is 12.5. The summed E-state index contributed by atoms with van der Waals surface area (Å²) in [5, 5.41) is 0. The highest BCUT2D eigenvalue weighted by Gasteiger charge is 2.32. The van der Waals surface area contributed by atoms with Crippen molar-refractivity contribution in [2.45, 2.75) is 23.5 Å². The highest BCUT2D eigenvalue weighted by molar-refractivity contribution is 7.89. The normalized spacial score (nSPS) is 21.8. The molecule has 1 aliphatic heterocycles. The number of nitrogens with two attached hydrogens (primary N) is 1. The molecule has 0 unspecified atom stereocenters. The molecule has 1 aromatic carbocycles. The second-order valence-corrected chi connectivity index (χ2v) is 7.51. The molecule has 3 rings (SSSR count). The molecule has 1 aromatic heterocycles. The molecule has 1 saturated heterocycles. The minimum Gasteiger partial charge on any atom is -0.379 e. The van der Waals surface area contributed by atoms with Gasteiger partial charge in [-0.25, -0.2) is 13.1 Å². The van der Waals surface area contributed by atoms with Gasteiger partial charge in [0.1, 0.15) is 22.5 Å². The number of hydrogen-bond acceptors (Lipinski definition) is 8. The predicted octanol–water partition coefficient (Wildman–Crippen LogP) is -0.371. The molecule has 0 saturated carbocycles. The van der Waals surface area contributed by atoms with Gasteiger partial charge in [0.05, 0.1) is 30.5 Å². The molecule has 1 amide bonds. The van der Waals surface area contributed by atoms with Crippen molar-refractivity contribution in [2.24, 2.45) is 5.73 Å². The molecule has 2 heterocycles. The van der Waals surface area contributed by atoms with Gasteiger partial charge in [-0.1, -0.05) is 6.07 Å². The molecule has 2 atom stereocenters. The van der Waals surface area contributed by atoms with Crippen LogP contribution in [-0.4, -0.2) is 55.0 Å². The average Bonchev–Trinajstić information content (AvgIpc) is 3.02. The van der Waals surface area contributed by atoms with Gasteiger partial charge < -0.3 is 15.2 Å². The Morgan fingerprint density at radius 3 is 3.08 bits per heavy atom. The Morgan fingerprint density at radius 2 is 2.29 bits per heavy atom. The first-order valence-electron chi connectivity index (χ1n) is 7.18. The van der Waals surface area contributed by atoms with Crippen LogP contribution in [0.3, 0.4) is 0 Å². The van der Waals surface area contributed by atoms with Gasteiger partial charge in [-0.3, -0.25) is 4.79 Å². The van der Waals surface area contributed by atoms with Crippen LogP contribution in [0.5, 0.6) is 0 Å². The number of hydrogen-bond donors (Lipinski definition) is 2. The van der Waals surface area contributed by atoms with Gasteiger partial charge in [-0.2, -0.15) is 8.75 Å². The summed E-state index contributed by atoms with van der Waals surface area (Å²) in [5.41, 5.74) is 5.92. The van der Waals surface area contributed by atoms with Crippen LogP contribution in [0.4, 0.5) is 0 Å². The van der Waals surface area contributed by atoms with E-state index in [1.807, 2.05) is 0 Å². The van der Waals surface area contributed by atoms with E-state index in [0.29, 0.717) is 24.1 Å². The van der Waals surface area contributed by atoms with Crippen molar-refractivity contribution < 1.29 is 22.7 Å². The van der Waals surface area contributed by atoms with Crippen LogP contribution in [0.15, 0.2) is 23.1 Å². The van der Waals surface area contributed by atoms with Gasteiger partial charge in [0.25, 0.3) is 0 Å². The highest BCUT2D eigenvalue weighted by Crippen LogP contribution is 2.22. The third-order valence-corrected chi connectivity index (χ3v) is 5.65. The van der Waals surface area contributed by atoms with E-state index in [9.17, 15) is 13.2 Å². The van der Waals surface area contributed by atoms with Crippen molar-refractivity contribution >= 4 is 38.7 Å². The van der Waals surface area contributed by atoms with Crippen LogP contribution in [0.25, 0.3) is 11.0 Å². The Kier molecular flexibility index (Phi) is 5.06. The van der Waals surface area contributed by atoms with E-state index in [4.69, 9.17) is 15.2 Å². The number of nitrogens with zero attached hydrogens (tertiary/aromatic N) is 2. The number of nitrogens with one attached hydrogen (secondary N) is 1. The molecule has 1 fully saturated rings. The molecule has 3 N–H and O–H groups in total. The lowest BCUT2D eigenvalue weighted by molar-refractivity contribution is -0.129. The van der Waals surface area contributed by atoms with E-state index in [1.165, 1.54) is 6.07 Å². The van der Waals surface area contributed by atoms with Gasteiger partial charge in [0.15, 0.2) is 0 Å². The molecular formula is C13H16N4O5S2. The van der Waals surface area contributed by atoms with Gasteiger partial charge in [-0.15, -0.1) is 0 Å². The third kappa shape index (κ3) is 3.70. The minimum atomic E-state index is -3.83. The maximum Gasteiger partial charge on any atom is 0.243 e. The summed E-state index contributed by atoms with van der Waals surface area (Å²) in [5.74, 6) is -0.625. The third-order valence-electron chi connectivity index (χ3n) is 3.59. The second kappa shape index (κ2) is 7.07. The first-order chi connectivity index (χ1) is 11.5. The smallest absolute Gasteiger partial charge is 0.243 e. The summed E-state index contributed by atoms with van der Waals surface area (Å²) in [6.07, 6.45) is -0.165. The molecule has 0 aliphatic carbocycles. The average molecular weight is 372 g/mol. The first-order valence-corrected chi connectivity index (χ1v) is 9.40. The van der Waals surface area contributed by atoms with Crippen LogP contribution in [0, 0.1) is 0 Å². The van der Waals surface area contributed by atoms with E-state index in [-0.39, 0.29) is 18.1 Å². The fourth-order valence-corrected chi connectivity index (χ4v) is 4.53. The number of carbonyl (C=O) groups excluding carboxylic acids is 1. The summed E-state index contributed by atoms with van der Waals surface area (Å²) < 4.78 is 46.8. The Balaban J connectivity index is 1.82. The maximum atomic E-state index is 12.7. The quantitative estimate of drug-likeness (QED) is 0.706. The summed E-state index contributed by atoms with van der Waals surface area (Å²) >= 11 is 0.953. The molecule has 130 valence electrons. The van der Waals surface area contributed by atoms with E-state index in [1.54, 1.807) is 12.1 Å². The van der Waals surface area contributed by atoms with Gasteiger partial charge in [0.2, 0.25) is 15.9 Å². The SMILES string of the molecule is NC(=O)CO[C@@H]1COCC[C@H]1NS(=O)(=O)c1cccc2nsnc12. The Labute approximate surface area is 142 Å². The van der Waals surface area contributed by atoms with Crippen LogP contribution in [-0.2, 0) is 24.3 Å². The Bertz CT molecular complexity index is 838. The standard InChI is InChI=1S/C13H16N4O5S2/c14-12(18)7-22-10-6-21-5-4-8(10)17-24(19,20)11-3-1-2-9-13(11)16-23-15-9/h1-3,8,10,17H,4-7H2,(H2,14,18)/t8-,10-/m1/s1. The molecule has 0 radical (unpaired) electrons. The largest absolute Gasteiger partial charge is 0.379 e. The van der Waals surface area contributed by atoms with Crippen molar-refractivity contribution in [3.8, 4) is 0 Å². The molecule has 1 aliphatic rings. The van der Waals surface area contributed by atoms with Crippen LogP contribution < -0.4 is 10.5 Å². The van der Waals surface area contributed by atoms with Crippen molar-refractivity contribution in [1.82, 2.24) is 13.5 Å². The number of benzene rings is 1. The second-order valence-electron chi connectivity index (χ2n) is 5.30. The van der Waals surface area contributed by atoms with Crippen molar-refractivity contribution in [3.05, 3.63) is 18.2 Å². The summed E-state index contributed by atoms with van der Waals surface area (Å²) in [6, 6.07) is 4.27. The fourth-order valence-electron chi connectivity index (χ4n) is 2.46. The molecule has 0 bridgehead atoms. The highest BCUT2D eigenvalue weighted by atomic mass is 32.2. The zero-order chi connectivity index (χ0) is 17.2. The molecule has 11 heteroatoms. The van der Waals surface area contributed by atoms with Gasteiger partial charge in [-0.05, 0) is 18.6 Å². The van der Waals surface area contributed by atoms with E-state index >= 15 is 0 Å². The van der Waals surface area contributed by atoms with Crippen LogP contribution in [0.1, 0.15) is 6.42 Å². The van der Waals surface area contributed by atoms with Gasteiger partial charge >= 0.3 is 0 Å². The van der Waals surface area contributed by atoms with Crippen molar-refractivity contribution in [3.63, 3.8) is 0 Å². The lowest BCUT2D eigenvalue weighted by atomic mass is 10.1. The van der Waals surface area contributed by atoms with Crippen LogP contribution >= 0.6 is 11.7 Å². The molecule has 0 spiro atoms. The number of amides is 1. The Morgan fingerprint density at radius 1 is 1.46 bits per heavy atom. The zero-order valence-corrected chi connectivity index (χ0v) is 14.2. The maximum absolute atomic E-state index is 12.7. The number of aromatic nitrogens is 2. The minimum absolute atomic E-state index is 0.0638. The lowest BCUT2D eigenvalue weighted by Gasteiger charge is -2.31. The number of ether oxygens (including phenoxy) is 2. The van der Waals surface area contributed by atoms with Crippen molar-refractivity contribution in [2.75, 3.05) is 19.8 Å². The summed E-state index contributed by atoms with van der Waals surface area (Å²) in [4.78, 5) is 10.9. The number of primary amides is 1. The lowest BCUT2D eigenvalue weighted by Crippen LogP contribution is -2.50. The summed E-state index contributed by atoms with van der Waals surface area (Å²) in [6.45, 7) is 0.285. The number of rotatable bonds is 6. The summed E-state index contributed by atoms with van der Waals surface area (Å²) in [7, 11) is -3.83. The van der Waals surface area contributed by atoms with E-state index in [2.05, 4.69) is 13.5 Å². The van der Waals surface area contributed by atoms with E-state index < -0.39 is 28.1 Å². The number of sulfonamides is 1. The van der Waals surface area contributed by atoms with Crippen molar-refractivity contribution in [1.29, 1.82) is 0 Å². The number of carbonyl (C=O) groups is 1. The van der Waals surface area contributed by atoms with E-state index in [0.717, 1.165) is 11.7 Å². The van der Waals surface area contributed by atoms with Gasteiger partial charge in [0, 0.05) is 6.61 Å². The molecule has 24 heavy (non-hydrogen) atoms. The predicted molar refractivity (Wildman–Crippen MR) is 85.9 cm³/mol. The fraction of sp³-hybridized carbons (Fsp3) is 0.462. The first kappa shape index (κ1) is 17.2. The molecular weight excluding hydrogens is 356 g/mol. The topological polar surface area (TPSA) is 134 Å².